The number of carbonyl (C=O) groups is 2. The Morgan fingerprint density at radius 3 is 2.23 bits per heavy atom. The van der Waals surface area contributed by atoms with E-state index in [4.69, 9.17) is 5.21 Å². The number of aliphatic hydroxyl groups is 2. The number of thiazole rings is 1. The Kier molecular flexibility index (Phi) is 13.8. The van der Waals surface area contributed by atoms with Crippen LogP contribution in [0.4, 0.5) is 4.79 Å². The Morgan fingerprint density at radius 2 is 1.68 bits per heavy atom. The number of urea groups is 1. The van der Waals surface area contributed by atoms with Crippen LogP contribution in [0, 0.1) is 12.8 Å². The molecule has 256 valence electrons. The highest BCUT2D eigenvalue weighted by Gasteiger charge is 2.34. The molecule has 0 saturated heterocycles. The van der Waals surface area contributed by atoms with Crippen molar-refractivity contribution in [2.75, 3.05) is 20.1 Å². The van der Waals surface area contributed by atoms with Crippen molar-refractivity contribution in [3.63, 3.8) is 0 Å². The molecule has 3 aromatic rings. The second-order valence-electron chi connectivity index (χ2n) is 11.8. The lowest BCUT2D eigenvalue weighted by Crippen LogP contribution is -2.59. The van der Waals surface area contributed by atoms with E-state index in [1.807, 2.05) is 44.4 Å². The van der Waals surface area contributed by atoms with Crippen LogP contribution in [0.3, 0.4) is 0 Å². The van der Waals surface area contributed by atoms with Gasteiger partial charge in [-0.2, -0.15) is 4.31 Å². The summed E-state index contributed by atoms with van der Waals surface area (Å²) >= 11 is 1.45. The lowest BCUT2D eigenvalue weighted by atomic mass is 10.00. The van der Waals surface area contributed by atoms with E-state index in [-0.39, 0.29) is 36.9 Å². The number of aromatic nitrogens is 1. The summed E-state index contributed by atoms with van der Waals surface area (Å²) in [6.07, 6.45) is -1.36. The van der Waals surface area contributed by atoms with Crippen LogP contribution in [-0.4, -0.2) is 101 Å². The highest BCUT2D eigenvalue weighted by molar-refractivity contribution is 7.89. The topological polar surface area (TPSA) is 185 Å². The van der Waals surface area contributed by atoms with Gasteiger partial charge in [-0.1, -0.05) is 61.5 Å². The number of hydrogen-bond donors (Lipinski definition) is 5. The number of aryl methyl sites for hydroxylation is 1. The van der Waals surface area contributed by atoms with Crippen molar-refractivity contribution in [2.24, 2.45) is 11.1 Å². The molecule has 0 spiro atoms. The van der Waals surface area contributed by atoms with Gasteiger partial charge in [0.05, 0.1) is 46.6 Å². The molecule has 1 aromatic heterocycles. The Morgan fingerprint density at radius 1 is 1.02 bits per heavy atom. The van der Waals surface area contributed by atoms with Gasteiger partial charge in [-0.3, -0.25) is 4.79 Å². The van der Waals surface area contributed by atoms with E-state index in [0.717, 1.165) is 10.6 Å². The van der Waals surface area contributed by atoms with Crippen molar-refractivity contribution in [1.82, 2.24) is 24.8 Å². The average molecular weight is 689 g/mol. The van der Waals surface area contributed by atoms with Crippen molar-refractivity contribution >= 4 is 39.5 Å². The zero-order chi connectivity index (χ0) is 34.7. The summed E-state index contributed by atoms with van der Waals surface area (Å²) in [5.41, 5.74) is 1.95. The van der Waals surface area contributed by atoms with Crippen LogP contribution >= 0.6 is 11.3 Å². The second-order valence-corrected chi connectivity index (χ2v) is 14.8. The van der Waals surface area contributed by atoms with Gasteiger partial charge in [0.1, 0.15) is 6.04 Å². The third kappa shape index (κ3) is 11.1. The molecule has 0 bridgehead atoms. The highest BCUT2D eigenvalue weighted by atomic mass is 32.2. The molecule has 3 rings (SSSR count). The first-order valence-electron chi connectivity index (χ1n) is 15.1. The third-order valence-electron chi connectivity index (χ3n) is 7.23. The van der Waals surface area contributed by atoms with Crippen molar-refractivity contribution in [3.05, 3.63) is 81.8 Å². The SMILES string of the molecule is Cc1nc(CN(C)C(=O)N[C@H](C(=O)N[C@@H](Cc2ccccc2)[C@H](O)CN(CC(C)C)S(=O)(=O)c2ccc(C=NO)cc2)[C@H](C)O)cs1. The van der Waals surface area contributed by atoms with Crippen LogP contribution in [0.1, 0.15) is 42.6 Å². The minimum Gasteiger partial charge on any atom is -0.411 e. The molecule has 0 aliphatic carbocycles. The number of rotatable bonds is 16. The van der Waals surface area contributed by atoms with Crippen LogP contribution in [0.15, 0.2) is 70.0 Å². The van der Waals surface area contributed by atoms with Gasteiger partial charge >= 0.3 is 6.03 Å². The van der Waals surface area contributed by atoms with E-state index in [2.05, 4.69) is 20.8 Å². The van der Waals surface area contributed by atoms with Gasteiger partial charge in [0.25, 0.3) is 0 Å². The van der Waals surface area contributed by atoms with E-state index in [1.54, 1.807) is 19.2 Å². The van der Waals surface area contributed by atoms with Crippen molar-refractivity contribution in [1.29, 1.82) is 0 Å². The third-order valence-corrected chi connectivity index (χ3v) is 9.90. The molecule has 4 atom stereocenters. The van der Waals surface area contributed by atoms with Crippen LogP contribution < -0.4 is 10.6 Å². The van der Waals surface area contributed by atoms with Crippen LogP contribution in [0.2, 0.25) is 0 Å². The first-order valence-corrected chi connectivity index (χ1v) is 17.4. The molecule has 0 saturated carbocycles. The van der Waals surface area contributed by atoms with E-state index in [9.17, 15) is 28.2 Å². The fraction of sp³-hybridized carbons (Fsp3) is 0.438. The van der Waals surface area contributed by atoms with Crippen molar-refractivity contribution in [2.45, 2.75) is 69.8 Å². The molecule has 0 radical (unpaired) electrons. The summed E-state index contributed by atoms with van der Waals surface area (Å²) in [5.74, 6) is -0.842. The number of nitrogens with one attached hydrogen (secondary N) is 2. The number of amides is 3. The largest absolute Gasteiger partial charge is 0.411 e. The number of hydrogen-bond acceptors (Lipinski definition) is 10. The van der Waals surface area contributed by atoms with Gasteiger partial charge in [0.2, 0.25) is 15.9 Å². The molecule has 5 N–H and O–H groups in total. The van der Waals surface area contributed by atoms with E-state index in [1.165, 1.54) is 57.9 Å². The van der Waals surface area contributed by atoms with E-state index < -0.39 is 46.3 Å². The maximum Gasteiger partial charge on any atom is 0.318 e. The van der Waals surface area contributed by atoms with Gasteiger partial charge in [-0.05, 0) is 49.4 Å². The number of oxime groups is 1. The standard InChI is InChI=1S/C32H44N6O7S2/c1-21(2)17-38(47(44,45)27-13-11-25(12-14-27)16-33-43)19-29(40)28(15-24-9-7-6-8-10-24)35-31(41)30(22(3)39)36-32(42)37(5)18-26-20-46-23(4)34-26/h6-14,16,20-22,28-30,39-40,43H,15,17-19H2,1-5H3,(H,35,41)(H,36,42)/t22-,28-,29+,30-/m0/s1. The van der Waals surface area contributed by atoms with E-state index in [0.29, 0.717) is 11.3 Å². The second kappa shape index (κ2) is 17.3. The minimum atomic E-state index is -4.09. The van der Waals surface area contributed by atoms with Gasteiger partial charge in [-0.25, -0.2) is 18.2 Å². The number of benzene rings is 2. The number of aliphatic hydroxyl groups excluding tert-OH is 2. The summed E-state index contributed by atoms with van der Waals surface area (Å²) < 4.78 is 28.7. The van der Waals surface area contributed by atoms with Gasteiger partial charge in [0.15, 0.2) is 0 Å². The first-order chi connectivity index (χ1) is 22.2. The molecular weight excluding hydrogens is 645 g/mol. The summed E-state index contributed by atoms with van der Waals surface area (Å²) in [4.78, 5) is 32.3. The number of nitrogens with zero attached hydrogens (tertiary/aromatic N) is 4. The van der Waals surface area contributed by atoms with Gasteiger partial charge < -0.3 is 31.0 Å². The first kappa shape index (κ1) is 37.6. The van der Waals surface area contributed by atoms with Crippen molar-refractivity contribution < 1.29 is 33.4 Å². The Hall–Kier alpha value is -3.89. The normalized spacial score (nSPS) is 14.6. The molecule has 0 aliphatic rings. The summed E-state index contributed by atoms with van der Waals surface area (Å²) in [6, 6.07) is 11.9. The van der Waals surface area contributed by atoms with Crippen LogP contribution in [-0.2, 0) is 27.8 Å². The number of sulfonamides is 1. The predicted octanol–water partition coefficient (Wildman–Crippen LogP) is 2.59. The van der Waals surface area contributed by atoms with Gasteiger partial charge in [0, 0.05) is 25.5 Å². The van der Waals surface area contributed by atoms with Crippen LogP contribution in [0.5, 0.6) is 0 Å². The monoisotopic (exact) mass is 688 g/mol. The number of carbonyl (C=O) groups excluding carboxylic acids is 2. The smallest absolute Gasteiger partial charge is 0.318 e. The molecule has 3 amide bonds. The molecule has 0 fully saturated rings. The predicted molar refractivity (Wildman–Crippen MR) is 180 cm³/mol. The Balaban J connectivity index is 1.84. The fourth-order valence-electron chi connectivity index (χ4n) is 4.82. The summed E-state index contributed by atoms with van der Waals surface area (Å²) in [6.45, 7) is 6.85. The molecular formula is C32H44N6O7S2. The zero-order valence-electron chi connectivity index (χ0n) is 27.1. The molecule has 15 heteroatoms. The average Bonchev–Trinajstić information content (AvgIpc) is 3.43. The maximum absolute atomic E-state index is 13.7. The molecule has 1 heterocycles. The minimum absolute atomic E-state index is 0.0158. The fourth-order valence-corrected chi connectivity index (χ4v) is 7.05. The van der Waals surface area contributed by atoms with Crippen LogP contribution in [0.25, 0.3) is 0 Å². The lowest BCUT2D eigenvalue weighted by molar-refractivity contribution is -0.127. The summed E-state index contributed by atoms with van der Waals surface area (Å²) in [5, 5.41) is 41.8. The maximum atomic E-state index is 13.7. The quantitative estimate of drug-likeness (QED) is 0.0864. The molecule has 2 aromatic carbocycles. The molecule has 47 heavy (non-hydrogen) atoms. The summed E-state index contributed by atoms with van der Waals surface area (Å²) in [7, 11) is -2.55. The molecule has 0 aliphatic heterocycles. The van der Waals surface area contributed by atoms with E-state index >= 15 is 0 Å². The van der Waals surface area contributed by atoms with Gasteiger partial charge in [-0.15, -0.1) is 11.3 Å². The zero-order valence-corrected chi connectivity index (χ0v) is 28.8. The Labute approximate surface area is 280 Å². The van der Waals surface area contributed by atoms with Crippen molar-refractivity contribution in [3.8, 4) is 0 Å². The highest BCUT2D eigenvalue weighted by Crippen LogP contribution is 2.20. The Bertz CT molecular complexity index is 1580. The molecule has 0 unspecified atom stereocenters. The lowest BCUT2D eigenvalue weighted by Gasteiger charge is -2.32. The molecule has 13 nitrogen and oxygen atoms in total.